The van der Waals surface area contributed by atoms with Gasteiger partial charge in [0.15, 0.2) is 5.13 Å². The van der Waals surface area contributed by atoms with E-state index in [1.165, 1.54) is 47.9 Å². The molecule has 1 unspecified atom stereocenters. The molecule has 3 nitrogen and oxygen atoms in total. The Balaban J connectivity index is 1.84. The first-order valence-corrected chi connectivity index (χ1v) is 7.98. The molecule has 1 aromatic heterocycles. The number of anilines is 1. The van der Waals surface area contributed by atoms with Gasteiger partial charge in [-0.15, -0.1) is 11.3 Å². The second kappa shape index (κ2) is 4.82. The fourth-order valence-corrected chi connectivity index (χ4v) is 3.96. The zero-order valence-corrected chi connectivity index (χ0v) is 12.2. The maximum atomic E-state index is 6.18. The Kier molecular flexibility index (Phi) is 3.32. The van der Waals surface area contributed by atoms with E-state index in [0.717, 1.165) is 12.3 Å². The molecule has 1 fully saturated rings. The van der Waals surface area contributed by atoms with Crippen LogP contribution >= 0.6 is 11.3 Å². The van der Waals surface area contributed by atoms with Crippen LogP contribution in [0.2, 0.25) is 0 Å². The minimum absolute atomic E-state index is 0.175. The summed E-state index contributed by atoms with van der Waals surface area (Å²) in [7, 11) is 0. The van der Waals surface area contributed by atoms with Gasteiger partial charge in [0.25, 0.3) is 0 Å². The molecule has 0 radical (unpaired) electrons. The van der Waals surface area contributed by atoms with Gasteiger partial charge in [0.1, 0.15) is 0 Å². The lowest BCUT2D eigenvalue weighted by molar-refractivity contribution is 0.561. The summed E-state index contributed by atoms with van der Waals surface area (Å²) in [6, 6.07) is 0.711. The van der Waals surface area contributed by atoms with E-state index in [1.807, 2.05) is 11.3 Å². The summed E-state index contributed by atoms with van der Waals surface area (Å²) >= 11 is 1.88. The standard InChI is InChI=1S/C14H23N3S/c1-9(2)17(8-10-6-7-10)14-16-13-11(15)4-3-5-12(13)18-14/h9-11H,3-8,15H2,1-2H3. The van der Waals surface area contributed by atoms with E-state index < -0.39 is 0 Å². The van der Waals surface area contributed by atoms with Crippen molar-refractivity contribution in [3.8, 4) is 0 Å². The van der Waals surface area contributed by atoms with Gasteiger partial charge in [-0.1, -0.05) is 0 Å². The number of nitrogens with two attached hydrogens (primary N) is 1. The molecule has 4 heteroatoms. The van der Waals surface area contributed by atoms with Gasteiger partial charge in [0.05, 0.1) is 5.69 Å². The Labute approximate surface area is 113 Å². The average molecular weight is 265 g/mol. The summed E-state index contributed by atoms with van der Waals surface area (Å²) in [4.78, 5) is 8.77. The second-order valence-corrected chi connectivity index (χ2v) is 7.06. The van der Waals surface area contributed by atoms with Crippen LogP contribution in [-0.2, 0) is 6.42 Å². The van der Waals surface area contributed by atoms with Crippen LogP contribution in [0.25, 0.3) is 0 Å². The van der Waals surface area contributed by atoms with E-state index >= 15 is 0 Å². The summed E-state index contributed by atoms with van der Waals surface area (Å²) in [5.41, 5.74) is 7.36. The summed E-state index contributed by atoms with van der Waals surface area (Å²) in [5, 5.41) is 1.21. The van der Waals surface area contributed by atoms with Gasteiger partial charge in [-0.3, -0.25) is 0 Å². The van der Waals surface area contributed by atoms with Crippen LogP contribution in [0.1, 0.15) is 56.1 Å². The van der Waals surface area contributed by atoms with Crippen molar-refractivity contribution in [2.24, 2.45) is 11.7 Å². The van der Waals surface area contributed by atoms with Gasteiger partial charge in [0.2, 0.25) is 0 Å². The molecule has 0 aromatic carbocycles. The molecular weight excluding hydrogens is 242 g/mol. The number of hydrogen-bond acceptors (Lipinski definition) is 4. The fourth-order valence-electron chi connectivity index (χ4n) is 2.65. The molecule has 0 spiro atoms. The molecule has 0 saturated heterocycles. The number of nitrogens with zero attached hydrogens (tertiary/aromatic N) is 2. The number of aromatic nitrogens is 1. The van der Waals surface area contributed by atoms with E-state index in [4.69, 9.17) is 10.7 Å². The van der Waals surface area contributed by atoms with Crippen molar-refractivity contribution in [2.75, 3.05) is 11.4 Å². The zero-order valence-electron chi connectivity index (χ0n) is 11.4. The minimum atomic E-state index is 0.175. The number of rotatable bonds is 4. The van der Waals surface area contributed by atoms with Crippen LogP contribution in [0.5, 0.6) is 0 Å². The van der Waals surface area contributed by atoms with E-state index in [1.54, 1.807) is 0 Å². The molecule has 1 atom stereocenters. The highest BCUT2D eigenvalue weighted by Gasteiger charge is 2.29. The largest absolute Gasteiger partial charge is 0.345 e. The molecule has 1 aromatic rings. The third kappa shape index (κ3) is 2.41. The van der Waals surface area contributed by atoms with Crippen LogP contribution in [0.15, 0.2) is 0 Å². The first-order chi connectivity index (χ1) is 8.65. The molecule has 18 heavy (non-hydrogen) atoms. The lowest BCUT2D eigenvalue weighted by Gasteiger charge is -2.26. The molecule has 2 N–H and O–H groups in total. The molecule has 100 valence electrons. The van der Waals surface area contributed by atoms with E-state index in [0.29, 0.717) is 6.04 Å². The van der Waals surface area contributed by atoms with Gasteiger partial charge in [-0.2, -0.15) is 0 Å². The third-order valence-electron chi connectivity index (χ3n) is 4.01. The van der Waals surface area contributed by atoms with Crippen molar-refractivity contribution < 1.29 is 0 Å². The first kappa shape index (κ1) is 12.4. The average Bonchev–Trinajstić information content (AvgIpc) is 3.04. The van der Waals surface area contributed by atoms with Crippen molar-refractivity contribution in [1.82, 2.24) is 4.98 Å². The summed E-state index contributed by atoms with van der Waals surface area (Å²) < 4.78 is 0. The predicted molar refractivity (Wildman–Crippen MR) is 77.2 cm³/mol. The molecule has 1 saturated carbocycles. The monoisotopic (exact) mass is 265 g/mol. The minimum Gasteiger partial charge on any atom is -0.345 e. The van der Waals surface area contributed by atoms with Crippen molar-refractivity contribution >= 4 is 16.5 Å². The summed E-state index contributed by atoms with van der Waals surface area (Å²) in [5.74, 6) is 0.905. The van der Waals surface area contributed by atoms with Crippen molar-refractivity contribution in [3.63, 3.8) is 0 Å². The van der Waals surface area contributed by atoms with Gasteiger partial charge in [-0.05, 0) is 51.9 Å². The molecule has 1 heterocycles. The number of thiazole rings is 1. The number of aryl methyl sites for hydroxylation is 1. The maximum absolute atomic E-state index is 6.18. The highest BCUT2D eigenvalue weighted by Crippen LogP contribution is 2.38. The Morgan fingerprint density at radius 3 is 2.78 bits per heavy atom. The molecular formula is C14H23N3S. The van der Waals surface area contributed by atoms with Gasteiger partial charge >= 0.3 is 0 Å². The second-order valence-electron chi connectivity index (χ2n) is 5.99. The van der Waals surface area contributed by atoms with Gasteiger partial charge in [0, 0.05) is 23.5 Å². The molecule has 0 aliphatic heterocycles. The van der Waals surface area contributed by atoms with Crippen LogP contribution in [0, 0.1) is 5.92 Å². The highest BCUT2D eigenvalue weighted by atomic mass is 32.1. The Bertz CT molecular complexity index is 423. The first-order valence-electron chi connectivity index (χ1n) is 7.17. The Hall–Kier alpha value is -0.610. The molecule has 0 amide bonds. The van der Waals surface area contributed by atoms with E-state index in [2.05, 4.69) is 18.7 Å². The zero-order chi connectivity index (χ0) is 12.7. The molecule has 2 aliphatic carbocycles. The third-order valence-corrected chi connectivity index (χ3v) is 5.18. The Morgan fingerprint density at radius 2 is 2.17 bits per heavy atom. The molecule has 2 aliphatic rings. The van der Waals surface area contributed by atoms with Crippen LogP contribution in [0.3, 0.4) is 0 Å². The van der Waals surface area contributed by atoms with Crippen molar-refractivity contribution in [3.05, 3.63) is 10.6 Å². The van der Waals surface area contributed by atoms with Crippen LogP contribution < -0.4 is 10.6 Å². The lowest BCUT2D eigenvalue weighted by Crippen LogP contribution is -2.32. The quantitative estimate of drug-likeness (QED) is 0.909. The van der Waals surface area contributed by atoms with Gasteiger partial charge in [-0.25, -0.2) is 4.98 Å². The van der Waals surface area contributed by atoms with Crippen molar-refractivity contribution in [2.45, 2.75) is 58.0 Å². The lowest BCUT2D eigenvalue weighted by atomic mass is 9.99. The smallest absolute Gasteiger partial charge is 0.186 e. The number of fused-ring (bicyclic) bond motifs is 1. The number of hydrogen-bond donors (Lipinski definition) is 1. The summed E-state index contributed by atoms with van der Waals surface area (Å²) in [6.07, 6.45) is 6.29. The Morgan fingerprint density at radius 1 is 1.39 bits per heavy atom. The highest BCUT2D eigenvalue weighted by molar-refractivity contribution is 7.15. The fraction of sp³-hybridized carbons (Fsp3) is 0.786. The van der Waals surface area contributed by atoms with Crippen LogP contribution in [-0.4, -0.2) is 17.6 Å². The van der Waals surface area contributed by atoms with E-state index in [-0.39, 0.29) is 6.04 Å². The SMILES string of the molecule is CC(C)N(CC1CC1)c1nc2c(s1)CCCC2N. The van der Waals surface area contributed by atoms with Gasteiger partial charge < -0.3 is 10.6 Å². The van der Waals surface area contributed by atoms with Crippen LogP contribution in [0.4, 0.5) is 5.13 Å². The normalized spacial score (nSPS) is 23.2. The summed E-state index contributed by atoms with van der Waals surface area (Å²) in [6.45, 7) is 5.71. The van der Waals surface area contributed by atoms with Crippen molar-refractivity contribution in [1.29, 1.82) is 0 Å². The topological polar surface area (TPSA) is 42.2 Å². The maximum Gasteiger partial charge on any atom is 0.186 e. The van der Waals surface area contributed by atoms with E-state index in [9.17, 15) is 0 Å². The predicted octanol–water partition coefficient (Wildman–Crippen LogP) is 3.10. The molecule has 3 rings (SSSR count). The molecule has 0 bridgehead atoms.